The summed E-state index contributed by atoms with van der Waals surface area (Å²) in [5.74, 6) is -0.956. The fourth-order valence-electron chi connectivity index (χ4n) is 5.40. The average molecular weight is 386 g/mol. The van der Waals surface area contributed by atoms with Crippen LogP contribution in [-0.4, -0.2) is 23.3 Å². The zero-order chi connectivity index (χ0) is 20.1. The number of epoxide rings is 1. The Morgan fingerprint density at radius 2 is 1.43 bits per heavy atom. The molecule has 2 saturated carbocycles. The number of benzene rings is 2. The van der Waals surface area contributed by atoms with Gasteiger partial charge in [0.15, 0.2) is 23.3 Å². The second-order valence-corrected chi connectivity index (χ2v) is 8.22. The lowest BCUT2D eigenvalue weighted by molar-refractivity contribution is -0.137. The maximum atomic E-state index is 13.2. The predicted molar refractivity (Wildman–Crippen MR) is 93.6 cm³/mol. The molecule has 6 heteroatoms. The number of hydrogen-bond donors (Lipinski definition) is 0. The van der Waals surface area contributed by atoms with Crippen LogP contribution in [-0.2, 0) is 25.9 Å². The minimum absolute atomic E-state index is 0.150. The molecule has 3 nitrogen and oxygen atoms in total. The molecule has 1 aliphatic heterocycles. The Morgan fingerprint density at radius 3 is 2.00 bits per heavy atom. The summed E-state index contributed by atoms with van der Waals surface area (Å²) in [6.07, 6.45) is -5.21. The number of carbonyl (C=O) groups is 2. The number of ketones is 2. The van der Waals surface area contributed by atoms with Gasteiger partial charge in [-0.1, -0.05) is 49.4 Å². The topological polar surface area (TPSA) is 46.7 Å². The summed E-state index contributed by atoms with van der Waals surface area (Å²) in [5.41, 5.74) is -2.58. The van der Waals surface area contributed by atoms with E-state index in [4.69, 9.17) is 4.74 Å². The van der Waals surface area contributed by atoms with Crippen molar-refractivity contribution in [3.63, 3.8) is 0 Å². The molecule has 5 rings (SSSR count). The summed E-state index contributed by atoms with van der Waals surface area (Å²) >= 11 is 0. The lowest BCUT2D eigenvalue weighted by atomic mass is 9.78. The molecule has 0 spiro atoms. The van der Waals surface area contributed by atoms with Gasteiger partial charge in [-0.15, -0.1) is 0 Å². The van der Waals surface area contributed by atoms with Gasteiger partial charge in [-0.2, -0.15) is 13.2 Å². The second kappa shape index (κ2) is 4.92. The third-order valence-corrected chi connectivity index (χ3v) is 6.95. The van der Waals surface area contributed by atoms with Gasteiger partial charge >= 0.3 is 6.18 Å². The Hall–Kier alpha value is -2.47. The molecule has 144 valence electrons. The molecular formula is C22H17F3O3. The summed E-state index contributed by atoms with van der Waals surface area (Å²) in [6.45, 7) is 3.36. The molecule has 3 fully saturated rings. The third kappa shape index (κ3) is 1.80. The number of rotatable bonds is 2. The minimum Gasteiger partial charge on any atom is -0.350 e. The van der Waals surface area contributed by atoms with Crippen LogP contribution >= 0.6 is 0 Å². The first-order valence-electron chi connectivity index (χ1n) is 9.09. The first kappa shape index (κ1) is 17.6. The summed E-state index contributed by atoms with van der Waals surface area (Å²) in [6, 6.07) is 13.9. The molecule has 0 amide bonds. The van der Waals surface area contributed by atoms with Gasteiger partial charge in [0, 0.05) is 11.3 Å². The van der Waals surface area contributed by atoms with Gasteiger partial charge in [-0.25, -0.2) is 0 Å². The van der Waals surface area contributed by atoms with Crippen molar-refractivity contribution in [2.24, 2.45) is 11.3 Å². The molecule has 1 heterocycles. The number of alkyl halides is 3. The summed E-state index contributed by atoms with van der Waals surface area (Å²) in [4.78, 5) is 26.4. The summed E-state index contributed by atoms with van der Waals surface area (Å²) in [7, 11) is 0. The van der Waals surface area contributed by atoms with Crippen LogP contribution < -0.4 is 0 Å². The van der Waals surface area contributed by atoms with Gasteiger partial charge in [0.2, 0.25) is 0 Å². The fraction of sp³-hybridized carbons (Fsp3) is 0.364. The molecule has 0 aromatic heterocycles. The Bertz CT molecular complexity index is 1010. The molecule has 5 atom stereocenters. The highest BCUT2D eigenvalue weighted by Gasteiger charge is 2.90. The van der Waals surface area contributed by atoms with Gasteiger partial charge in [0.1, 0.15) is 0 Å². The predicted octanol–water partition coefficient (Wildman–Crippen LogP) is 3.94. The number of carbonyl (C=O) groups excluding carboxylic acids is 2. The molecule has 1 saturated heterocycles. The Morgan fingerprint density at radius 1 is 0.857 bits per heavy atom. The molecule has 0 bridgehead atoms. The molecule has 2 aromatic carbocycles. The van der Waals surface area contributed by atoms with E-state index in [-0.39, 0.29) is 11.6 Å². The number of hydrogen-bond acceptors (Lipinski definition) is 3. The van der Waals surface area contributed by atoms with Gasteiger partial charge in [-0.3, -0.25) is 9.59 Å². The van der Waals surface area contributed by atoms with E-state index < -0.39 is 40.2 Å². The van der Waals surface area contributed by atoms with Crippen LogP contribution in [0.5, 0.6) is 0 Å². The van der Waals surface area contributed by atoms with Crippen molar-refractivity contribution in [1.29, 1.82) is 0 Å². The van der Waals surface area contributed by atoms with Gasteiger partial charge in [-0.05, 0) is 30.2 Å². The van der Waals surface area contributed by atoms with E-state index in [1.165, 1.54) is 12.1 Å². The molecule has 2 aliphatic carbocycles. The van der Waals surface area contributed by atoms with Crippen LogP contribution in [0.3, 0.4) is 0 Å². The first-order chi connectivity index (χ1) is 13.1. The van der Waals surface area contributed by atoms with Gasteiger partial charge in [0.25, 0.3) is 0 Å². The standard InChI is InChI=1S/C22H17F3O3/c1-19-15(16(26)20(2)18(28-20)17(19)27)21(19,12-6-4-3-5-7-12)13-8-10-14(11-9-13)22(23,24)25/h3-11,15,18H,1-2H3/t15-,18?,19+,20?,21+/m1/s1. The fourth-order valence-corrected chi connectivity index (χ4v) is 5.40. The van der Waals surface area contributed by atoms with Gasteiger partial charge in [0.05, 0.1) is 11.0 Å². The van der Waals surface area contributed by atoms with E-state index in [9.17, 15) is 22.8 Å². The average Bonchev–Trinajstić information content (AvgIpc) is 3.52. The molecule has 0 radical (unpaired) electrons. The Labute approximate surface area is 159 Å². The van der Waals surface area contributed by atoms with Gasteiger partial charge < -0.3 is 4.74 Å². The highest BCUT2D eigenvalue weighted by Crippen LogP contribution is 2.78. The molecule has 2 aromatic rings. The molecule has 28 heavy (non-hydrogen) atoms. The monoisotopic (exact) mass is 386 g/mol. The van der Waals surface area contributed by atoms with Crippen molar-refractivity contribution >= 4 is 11.6 Å². The highest BCUT2D eigenvalue weighted by molar-refractivity contribution is 6.17. The van der Waals surface area contributed by atoms with Crippen LogP contribution in [0.2, 0.25) is 0 Å². The minimum atomic E-state index is -4.45. The number of Topliss-reactive ketones (excluding diaryl/α,β-unsaturated/α-hetero) is 2. The van der Waals surface area contributed by atoms with Crippen LogP contribution in [0.25, 0.3) is 0 Å². The third-order valence-electron chi connectivity index (χ3n) is 6.95. The lowest BCUT2D eigenvalue weighted by Gasteiger charge is -2.23. The zero-order valence-corrected chi connectivity index (χ0v) is 15.2. The second-order valence-electron chi connectivity index (χ2n) is 8.22. The number of halogens is 3. The summed E-state index contributed by atoms with van der Waals surface area (Å²) < 4.78 is 44.5. The Balaban J connectivity index is 1.72. The maximum absolute atomic E-state index is 13.2. The van der Waals surface area contributed by atoms with E-state index in [1.54, 1.807) is 13.8 Å². The normalized spacial score (nSPS) is 38.6. The van der Waals surface area contributed by atoms with Crippen LogP contribution in [0.15, 0.2) is 54.6 Å². The molecule has 3 aliphatic rings. The van der Waals surface area contributed by atoms with Crippen molar-refractivity contribution in [3.05, 3.63) is 71.3 Å². The van der Waals surface area contributed by atoms with E-state index in [2.05, 4.69) is 0 Å². The number of ether oxygens (including phenoxy) is 1. The van der Waals surface area contributed by atoms with E-state index >= 15 is 0 Å². The molecule has 0 N–H and O–H groups in total. The first-order valence-corrected chi connectivity index (χ1v) is 9.09. The van der Waals surface area contributed by atoms with Crippen molar-refractivity contribution in [2.45, 2.75) is 37.1 Å². The molecular weight excluding hydrogens is 369 g/mol. The highest BCUT2D eigenvalue weighted by atomic mass is 19.4. The van der Waals surface area contributed by atoms with E-state index in [1.807, 2.05) is 30.3 Å². The van der Waals surface area contributed by atoms with Crippen molar-refractivity contribution in [2.75, 3.05) is 0 Å². The number of fused-ring (bicyclic) bond motifs is 2. The quantitative estimate of drug-likeness (QED) is 0.735. The summed E-state index contributed by atoms with van der Waals surface area (Å²) in [5, 5.41) is 0. The largest absolute Gasteiger partial charge is 0.416 e. The van der Waals surface area contributed by atoms with Crippen molar-refractivity contribution < 1.29 is 27.5 Å². The van der Waals surface area contributed by atoms with Crippen LogP contribution in [0.1, 0.15) is 30.5 Å². The van der Waals surface area contributed by atoms with E-state index in [0.29, 0.717) is 5.56 Å². The maximum Gasteiger partial charge on any atom is 0.416 e. The molecule has 2 unspecified atom stereocenters. The van der Waals surface area contributed by atoms with Crippen molar-refractivity contribution in [3.8, 4) is 0 Å². The van der Waals surface area contributed by atoms with E-state index in [0.717, 1.165) is 17.7 Å². The van der Waals surface area contributed by atoms with Crippen LogP contribution in [0.4, 0.5) is 13.2 Å². The van der Waals surface area contributed by atoms with Crippen LogP contribution in [0, 0.1) is 11.3 Å². The zero-order valence-electron chi connectivity index (χ0n) is 15.2. The Kier molecular flexibility index (Phi) is 3.10. The van der Waals surface area contributed by atoms with Crippen molar-refractivity contribution in [1.82, 2.24) is 0 Å². The smallest absolute Gasteiger partial charge is 0.350 e. The SMILES string of the molecule is CC12OC1C(=O)[C@]1(C)[C@@H](C2=O)[C@]1(c1ccccc1)c1ccc(C(F)(F)F)cc1. The lowest BCUT2D eigenvalue weighted by Crippen LogP contribution is -2.39.